The Morgan fingerprint density at radius 1 is 1.15 bits per heavy atom. The second kappa shape index (κ2) is 6.20. The number of hydrogen-bond acceptors (Lipinski definition) is 2. The van der Waals surface area contributed by atoms with Gasteiger partial charge in [-0.2, -0.15) is 0 Å². The molecule has 0 aliphatic carbocycles. The van der Waals surface area contributed by atoms with Crippen molar-refractivity contribution in [3.05, 3.63) is 70.2 Å². The van der Waals surface area contributed by atoms with Gasteiger partial charge in [0.15, 0.2) is 0 Å². The third kappa shape index (κ3) is 3.68. The lowest BCUT2D eigenvalue weighted by Gasteiger charge is -2.24. The molecule has 1 atom stereocenters. The summed E-state index contributed by atoms with van der Waals surface area (Å²) in [7, 11) is 0. The summed E-state index contributed by atoms with van der Waals surface area (Å²) in [5.41, 5.74) is 0.235. The number of rotatable bonds is 4. The molecule has 0 fully saturated rings. The van der Waals surface area contributed by atoms with Crippen molar-refractivity contribution in [2.75, 3.05) is 6.54 Å². The molecular weight excluding hydrogens is 318 g/mol. The van der Waals surface area contributed by atoms with E-state index in [1.807, 2.05) is 42.5 Å². The number of halogens is 1. The van der Waals surface area contributed by atoms with E-state index in [0.29, 0.717) is 5.56 Å². The summed E-state index contributed by atoms with van der Waals surface area (Å²) in [5, 5.41) is 13.2. The molecule has 0 aliphatic rings. The molecule has 4 heteroatoms. The van der Waals surface area contributed by atoms with Crippen LogP contribution in [0.15, 0.2) is 59.1 Å². The van der Waals surface area contributed by atoms with Crippen LogP contribution in [0.5, 0.6) is 0 Å². The van der Waals surface area contributed by atoms with Crippen LogP contribution in [-0.2, 0) is 5.60 Å². The fourth-order valence-corrected chi connectivity index (χ4v) is 2.12. The van der Waals surface area contributed by atoms with Crippen molar-refractivity contribution in [2.24, 2.45) is 0 Å². The lowest BCUT2D eigenvalue weighted by atomic mass is 9.96. The third-order valence-electron chi connectivity index (χ3n) is 3.10. The van der Waals surface area contributed by atoms with Crippen LogP contribution >= 0.6 is 15.9 Å². The second-order valence-corrected chi connectivity index (χ2v) is 5.75. The number of nitrogens with one attached hydrogen (secondary N) is 1. The maximum absolute atomic E-state index is 11.9. The van der Waals surface area contributed by atoms with Gasteiger partial charge in [-0.15, -0.1) is 0 Å². The van der Waals surface area contributed by atoms with Crippen molar-refractivity contribution >= 4 is 21.8 Å². The number of benzene rings is 2. The van der Waals surface area contributed by atoms with Gasteiger partial charge in [-0.1, -0.05) is 46.3 Å². The van der Waals surface area contributed by atoms with Crippen LogP contribution in [0.2, 0.25) is 0 Å². The van der Waals surface area contributed by atoms with E-state index in [-0.39, 0.29) is 12.5 Å². The molecule has 0 saturated heterocycles. The molecule has 0 heterocycles. The van der Waals surface area contributed by atoms with Crippen LogP contribution in [0, 0.1) is 0 Å². The van der Waals surface area contributed by atoms with Gasteiger partial charge in [0.2, 0.25) is 0 Å². The molecule has 1 unspecified atom stereocenters. The molecule has 3 nitrogen and oxygen atoms in total. The molecular formula is C16H16BrNO2. The molecule has 0 radical (unpaired) electrons. The van der Waals surface area contributed by atoms with Gasteiger partial charge in [0.1, 0.15) is 5.60 Å². The highest BCUT2D eigenvalue weighted by Gasteiger charge is 2.23. The Balaban J connectivity index is 2.02. The molecule has 2 aromatic rings. The first kappa shape index (κ1) is 14.8. The molecule has 0 aromatic heterocycles. The normalized spacial score (nSPS) is 13.6. The van der Waals surface area contributed by atoms with E-state index in [1.165, 1.54) is 0 Å². The van der Waals surface area contributed by atoms with Crippen LogP contribution in [0.25, 0.3) is 0 Å². The highest BCUT2D eigenvalue weighted by molar-refractivity contribution is 9.10. The monoisotopic (exact) mass is 333 g/mol. The lowest BCUT2D eigenvalue weighted by Crippen LogP contribution is -2.38. The Bertz CT molecular complexity index is 579. The Kier molecular flexibility index (Phi) is 4.57. The summed E-state index contributed by atoms with van der Waals surface area (Å²) in [6.07, 6.45) is 0. The number of carbonyl (C=O) groups excluding carboxylic acids is 1. The third-order valence-corrected chi connectivity index (χ3v) is 3.62. The van der Waals surface area contributed by atoms with Crippen LogP contribution in [0.3, 0.4) is 0 Å². The summed E-state index contributed by atoms with van der Waals surface area (Å²) in [6.45, 7) is 1.84. The first-order valence-electron chi connectivity index (χ1n) is 6.31. The summed E-state index contributed by atoms with van der Waals surface area (Å²) in [5.74, 6) is -0.192. The fourth-order valence-electron chi connectivity index (χ4n) is 1.85. The Morgan fingerprint density at radius 3 is 2.35 bits per heavy atom. The zero-order valence-electron chi connectivity index (χ0n) is 11.1. The average Bonchev–Trinajstić information content (AvgIpc) is 2.46. The van der Waals surface area contributed by atoms with Crippen LogP contribution in [-0.4, -0.2) is 17.6 Å². The van der Waals surface area contributed by atoms with E-state index in [4.69, 9.17) is 0 Å². The predicted molar refractivity (Wildman–Crippen MR) is 82.5 cm³/mol. The van der Waals surface area contributed by atoms with Crippen molar-refractivity contribution in [2.45, 2.75) is 12.5 Å². The topological polar surface area (TPSA) is 49.3 Å². The summed E-state index contributed by atoms with van der Waals surface area (Å²) < 4.78 is 0.949. The minimum atomic E-state index is -1.11. The fraction of sp³-hybridized carbons (Fsp3) is 0.188. The van der Waals surface area contributed by atoms with E-state index in [9.17, 15) is 9.90 Å². The van der Waals surface area contributed by atoms with Gasteiger partial charge in [0, 0.05) is 10.0 Å². The summed E-state index contributed by atoms with van der Waals surface area (Å²) in [4.78, 5) is 11.9. The summed E-state index contributed by atoms with van der Waals surface area (Å²) >= 11 is 3.35. The second-order valence-electron chi connectivity index (χ2n) is 4.83. The van der Waals surface area contributed by atoms with Gasteiger partial charge >= 0.3 is 0 Å². The van der Waals surface area contributed by atoms with Gasteiger partial charge < -0.3 is 10.4 Å². The average molecular weight is 334 g/mol. The standard InChI is InChI=1S/C16H16BrNO2/c1-16(20,13-7-9-14(17)10-8-13)11-18-15(19)12-5-3-2-4-6-12/h2-10,20H,11H2,1H3,(H,18,19). The minimum absolute atomic E-state index is 0.155. The van der Waals surface area contributed by atoms with Crippen LogP contribution in [0.4, 0.5) is 0 Å². The molecule has 1 amide bonds. The Labute approximate surface area is 126 Å². The number of amides is 1. The molecule has 0 aliphatic heterocycles. The first-order chi connectivity index (χ1) is 9.49. The maximum Gasteiger partial charge on any atom is 0.251 e. The predicted octanol–water partition coefficient (Wildman–Crippen LogP) is 3.09. The number of aliphatic hydroxyl groups is 1. The van der Waals surface area contributed by atoms with E-state index in [2.05, 4.69) is 21.2 Å². The molecule has 2 rings (SSSR count). The Hall–Kier alpha value is -1.65. The summed E-state index contributed by atoms with van der Waals surface area (Å²) in [6, 6.07) is 16.3. The van der Waals surface area contributed by atoms with E-state index >= 15 is 0 Å². The number of carbonyl (C=O) groups is 1. The van der Waals surface area contributed by atoms with Crippen molar-refractivity contribution < 1.29 is 9.90 Å². The molecule has 20 heavy (non-hydrogen) atoms. The molecule has 2 N–H and O–H groups in total. The van der Waals surface area contributed by atoms with Gasteiger partial charge in [0.25, 0.3) is 5.91 Å². The highest BCUT2D eigenvalue weighted by Crippen LogP contribution is 2.22. The quantitative estimate of drug-likeness (QED) is 0.903. The van der Waals surface area contributed by atoms with Gasteiger partial charge in [-0.3, -0.25) is 4.79 Å². The van der Waals surface area contributed by atoms with Gasteiger partial charge in [-0.05, 0) is 36.8 Å². The lowest BCUT2D eigenvalue weighted by molar-refractivity contribution is 0.0526. The van der Waals surface area contributed by atoms with Crippen molar-refractivity contribution in [3.63, 3.8) is 0 Å². The van der Waals surface area contributed by atoms with Crippen molar-refractivity contribution in [1.29, 1.82) is 0 Å². The zero-order valence-corrected chi connectivity index (χ0v) is 12.7. The van der Waals surface area contributed by atoms with Gasteiger partial charge in [-0.25, -0.2) is 0 Å². The molecule has 0 saturated carbocycles. The van der Waals surface area contributed by atoms with Crippen molar-refractivity contribution in [1.82, 2.24) is 5.32 Å². The molecule has 0 bridgehead atoms. The highest BCUT2D eigenvalue weighted by atomic mass is 79.9. The zero-order chi connectivity index (χ0) is 14.6. The Morgan fingerprint density at radius 2 is 1.75 bits per heavy atom. The van der Waals surface area contributed by atoms with Crippen LogP contribution in [0.1, 0.15) is 22.8 Å². The smallest absolute Gasteiger partial charge is 0.251 e. The molecule has 104 valence electrons. The molecule has 0 spiro atoms. The maximum atomic E-state index is 11.9. The van der Waals surface area contributed by atoms with Crippen LogP contribution < -0.4 is 5.32 Å². The largest absolute Gasteiger partial charge is 0.384 e. The van der Waals surface area contributed by atoms with Gasteiger partial charge in [0.05, 0.1) is 6.54 Å². The minimum Gasteiger partial charge on any atom is -0.384 e. The van der Waals surface area contributed by atoms with E-state index in [0.717, 1.165) is 10.0 Å². The van der Waals surface area contributed by atoms with E-state index in [1.54, 1.807) is 19.1 Å². The number of hydrogen-bond donors (Lipinski definition) is 2. The van der Waals surface area contributed by atoms with Crippen molar-refractivity contribution in [3.8, 4) is 0 Å². The SMILES string of the molecule is CC(O)(CNC(=O)c1ccccc1)c1ccc(Br)cc1. The first-order valence-corrected chi connectivity index (χ1v) is 7.10. The van der Waals surface area contributed by atoms with E-state index < -0.39 is 5.60 Å². The molecule has 2 aromatic carbocycles.